The lowest BCUT2D eigenvalue weighted by molar-refractivity contribution is -0.117. The first-order valence-corrected chi connectivity index (χ1v) is 6.27. The number of carbonyl (C=O) groups excluding carboxylic acids is 1. The molecule has 0 spiro atoms. The van der Waals surface area contributed by atoms with Gasteiger partial charge >= 0.3 is 0 Å². The summed E-state index contributed by atoms with van der Waals surface area (Å²) in [4.78, 5) is 10.4. The molecule has 0 aliphatic heterocycles. The number of nitrogens with two attached hydrogens (primary N) is 1. The maximum Gasteiger partial charge on any atom is 0.218 e. The van der Waals surface area contributed by atoms with Gasteiger partial charge in [0.05, 0.1) is 12.7 Å². The number of hydrogen-bond acceptors (Lipinski definition) is 4. The summed E-state index contributed by atoms with van der Waals surface area (Å²) in [5.41, 5.74) is 4.98. The highest BCUT2D eigenvalue weighted by Gasteiger charge is 2.04. The number of primary amides is 1. The van der Waals surface area contributed by atoms with E-state index in [1.807, 2.05) is 0 Å². The van der Waals surface area contributed by atoms with Gasteiger partial charge in [0.15, 0.2) is 0 Å². The monoisotopic (exact) mass is 246 g/mol. The molecule has 0 saturated heterocycles. The number of ether oxygens (including phenoxy) is 1. The van der Waals surface area contributed by atoms with E-state index in [0.29, 0.717) is 38.6 Å². The van der Waals surface area contributed by atoms with Gasteiger partial charge in [0.25, 0.3) is 0 Å². The molecule has 4 N–H and O–H groups in total. The second-order valence-electron chi connectivity index (χ2n) is 4.69. The van der Waals surface area contributed by atoms with E-state index in [9.17, 15) is 9.90 Å². The maximum atomic E-state index is 10.4. The molecule has 0 heterocycles. The van der Waals surface area contributed by atoms with Gasteiger partial charge in [-0.2, -0.15) is 0 Å². The average Bonchev–Trinajstić information content (AvgIpc) is 2.23. The molecular formula is C12H26N2O3. The minimum Gasteiger partial charge on any atom is -0.389 e. The van der Waals surface area contributed by atoms with Crippen molar-refractivity contribution in [3.63, 3.8) is 0 Å². The molecular weight excluding hydrogens is 220 g/mol. The van der Waals surface area contributed by atoms with Gasteiger partial charge in [-0.1, -0.05) is 13.8 Å². The zero-order valence-corrected chi connectivity index (χ0v) is 10.9. The van der Waals surface area contributed by atoms with E-state index < -0.39 is 6.10 Å². The number of aliphatic hydroxyl groups excluding tert-OH is 1. The lowest BCUT2D eigenvalue weighted by Crippen LogP contribution is -2.32. The lowest BCUT2D eigenvalue weighted by Gasteiger charge is -2.12. The summed E-state index contributed by atoms with van der Waals surface area (Å²) in [5.74, 6) is 0.357. The van der Waals surface area contributed by atoms with Crippen LogP contribution in [0.5, 0.6) is 0 Å². The van der Waals surface area contributed by atoms with Crippen molar-refractivity contribution in [3.05, 3.63) is 0 Å². The molecule has 0 rings (SSSR count). The highest BCUT2D eigenvalue weighted by Crippen LogP contribution is 2.03. The van der Waals surface area contributed by atoms with Crippen molar-refractivity contribution < 1.29 is 14.6 Å². The number of rotatable bonds is 11. The summed E-state index contributed by atoms with van der Waals surface area (Å²) in [6.07, 6.45) is 1.94. The van der Waals surface area contributed by atoms with Gasteiger partial charge in [0.2, 0.25) is 5.91 Å². The van der Waals surface area contributed by atoms with Crippen LogP contribution < -0.4 is 11.1 Å². The molecule has 0 aromatic carbocycles. The van der Waals surface area contributed by atoms with Crippen molar-refractivity contribution >= 4 is 5.91 Å². The summed E-state index contributed by atoms with van der Waals surface area (Å²) in [6.45, 7) is 6.31. The fraction of sp³-hybridized carbons (Fsp3) is 0.917. The highest BCUT2D eigenvalue weighted by molar-refractivity contribution is 5.73. The number of amides is 1. The van der Waals surface area contributed by atoms with Gasteiger partial charge in [-0.15, -0.1) is 0 Å². The molecule has 0 radical (unpaired) electrons. The number of aliphatic hydroxyl groups is 1. The van der Waals surface area contributed by atoms with Crippen LogP contribution in [-0.2, 0) is 9.53 Å². The van der Waals surface area contributed by atoms with Crippen molar-refractivity contribution in [2.75, 3.05) is 26.3 Å². The summed E-state index contributed by atoms with van der Waals surface area (Å²) in [5, 5.41) is 12.5. The summed E-state index contributed by atoms with van der Waals surface area (Å²) in [7, 11) is 0. The van der Waals surface area contributed by atoms with Gasteiger partial charge in [-0.25, -0.2) is 0 Å². The number of hydrogen-bond donors (Lipinski definition) is 3. The first kappa shape index (κ1) is 16.4. The fourth-order valence-electron chi connectivity index (χ4n) is 1.35. The number of carbonyl (C=O) groups is 1. The Morgan fingerprint density at radius 3 is 2.76 bits per heavy atom. The topological polar surface area (TPSA) is 84.6 Å². The van der Waals surface area contributed by atoms with Gasteiger partial charge in [0.1, 0.15) is 0 Å². The molecule has 0 aromatic rings. The second kappa shape index (κ2) is 10.5. The zero-order chi connectivity index (χ0) is 13.1. The van der Waals surface area contributed by atoms with Crippen LogP contribution in [0.2, 0.25) is 0 Å². The van der Waals surface area contributed by atoms with E-state index in [-0.39, 0.29) is 5.91 Å². The van der Waals surface area contributed by atoms with Crippen LogP contribution in [0.1, 0.15) is 33.1 Å². The molecule has 1 unspecified atom stereocenters. The third-order valence-electron chi connectivity index (χ3n) is 2.31. The number of nitrogens with one attached hydrogen (secondary N) is 1. The zero-order valence-electron chi connectivity index (χ0n) is 10.9. The Morgan fingerprint density at radius 2 is 2.18 bits per heavy atom. The molecule has 0 aromatic heterocycles. The van der Waals surface area contributed by atoms with Gasteiger partial charge < -0.3 is 20.9 Å². The van der Waals surface area contributed by atoms with E-state index in [1.54, 1.807) is 0 Å². The van der Waals surface area contributed by atoms with E-state index >= 15 is 0 Å². The van der Waals surface area contributed by atoms with Crippen LogP contribution in [-0.4, -0.2) is 43.4 Å². The maximum absolute atomic E-state index is 10.4. The highest BCUT2D eigenvalue weighted by atomic mass is 16.5. The van der Waals surface area contributed by atoms with Crippen LogP contribution in [0.3, 0.4) is 0 Å². The molecule has 5 nitrogen and oxygen atoms in total. The Morgan fingerprint density at radius 1 is 1.47 bits per heavy atom. The quantitative estimate of drug-likeness (QED) is 0.457. The Labute approximate surface area is 104 Å². The lowest BCUT2D eigenvalue weighted by atomic mass is 10.1. The first-order valence-electron chi connectivity index (χ1n) is 6.27. The Balaban J connectivity index is 3.23. The summed E-state index contributed by atoms with van der Waals surface area (Å²) < 4.78 is 5.34. The molecule has 0 saturated carbocycles. The standard InChI is InChI=1S/C12H26N2O3/c1-10(2)4-3-7-17-9-11(15)8-14-6-5-12(13)16/h10-11,14-15H,3-9H2,1-2H3,(H2,13,16). The van der Waals surface area contributed by atoms with Crippen molar-refractivity contribution in [1.82, 2.24) is 5.32 Å². The van der Waals surface area contributed by atoms with Crippen LogP contribution in [0.4, 0.5) is 0 Å². The van der Waals surface area contributed by atoms with E-state index in [4.69, 9.17) is 10.5 Å². The van der Waals surface area contributed by atoms with E-state index in [2.05, 4.69) is 19.2 Å². The predicted molar refractivity (Wildman–Crippen MR) is 67.6 cm³/mol. The van der Waals surface area contributed by atoms with E-state index in [1.165, 1.54) is 0 Å². The largest absolute Gasteiger partial charge is 0.389 e. The predicted octanol–water partition coefficient (Wildman–Crippen LogP) is 0.265. The van der Waals surface area contributed by atoms with Gasteiger partial charge in [-0.3, -0.25) is 4.79 Å². The summed E-state index contributed by atoms with van der Waals surface area (Å²) in [6, 6.07) is 0. The molecule has 17 heavy (non-hydrogen) atoms. The minimum atomic E-state index is -0.526. The van der Waals surface area contributed by atoms with Gasteiger partial charge in [0, 0.05) is 26.1 Å². The van der Waals surface area contributed by atoms with Crippen LogP contribution in [0.15, 0.2) is 0 Å². The molecule has 1 atom stereocenters. The minimum absolute atomic E-state index is 0.294. The van der Waals surface area contributed by atoms with E-state index in [0.717, 1.165) is 12.8 Å². The van der Waals surface area contributed by atoms with Crippen molar-refractivity contribution in [3.8, 4) is 0 Å². The van der Waals surface area contributed by atoms with Crippen LogP contribution in [0, 0.1) is 5.92 Å². The average molecular weight is 246 g/mol. The van der Waals surface area contributed by atoms with Crippen LogP contribution >= 0.6 is 0 Å². The molecule has 102 valence electrons. The molecule has 0 aliphatic carbocycles. The van der Waals surface area contributed by atoms with Crippen molar-refractivity contribution in [1.29, 1.82) is 0 Å². The second-order valence-corrected chi connectivity index (χ2v) is 4.69. The molecule has 0 aliphatic rings. The molecule has 5 heteroatoms. The van der Waals surface area contributed by atoms with Gasteiger partial charge in [-0.05, 0) is 18.8 Å². The van der Waals surface area contributed by atoms with Crippen molar-refractivity contribution in [2.45, 2.75) is 39.2 Å². The normalized spacial score (nSPS) is 12.9. The molecule has 0 bridgehead atoms. The third-order valence-corrected chi connectivity index (χ3v) is 2.31. The Bertz CT molecular complexity index is 198. The SMILES string of the molecule is CC(C)CCCOCC(O)CNCCC(N)=O. The molecule has 0 fully saturated rings. The third kappa shape index (κ3) is 13.3. The smallest absolute Gasteiger partial charge is 0.218 e. The Hall–Kier alpha value is -0.650. The van der Waals surface area contributed by atoms with Crippen molar-refractivity contribution in [2.24, 2.45) is 11.7 Å². The molecule has 1 amide bonds. The fourth-order valence-corrected chi connectivity index (χ4v) is 1.35. The van der Waals surface area contributed by atoms with Crippen LogP contribution in [0.25, 0.3) is 0 Å². The first-order chi connectivity index (χ1) is 8.02. The Kier molecular flexibility index (Phi) is 10.1. The summed E-state index contributed by atoms with van der Waals surface area (Å²) >= 11 is 0.